The second-order valence-corrected chi connectivity index (χ2v) is 7.57. The van der Waals surface area contributed by atoms with Crippen molar-refractivity contribution in [3.05, 3.63) is 82.5 Å². The number of benzene rings is 2. The van der Waals surface area contributed by atoms with Crippen molar-refractivity contribution in [3.63, 3.8) is 0 Å². The van der Waals surface area contributed by atoms with Gasteiger partial charge in [-0.3, -0.25) is 9.72 Å². The predicted molar refractivity (Wildman–Crippen MR) is 119 cm³/mol. The van der Waals surface area contributed by atoms with E-state index in [1.165, 1.54) is 5.56 Å². The molecule has 146 valence electrons. The number of anilines is 2. The number of hydrogen-bond acceptors (Lipinski definition) is 2. The Morgan fingerprint density at radius 1 is 0.966 bits per heavy atom. The molecule has 6 heteroatoms. The van der Waals surface area contributed by atoms with Crippen molar-refractivity contribution >= 4 is 34.8 Å². The molecular weight excluding hydrogens is 384 g/mol. The number of aryl methyl sites for hydroxylation is 3. The lowest BCUT2D eigenvalue weighted by Gasteiger charge is -2.11. The van der Waals surface area contributed by atoms with Gasteiger partial charge in [-0.15, -0.1) is 0 Å². The van der Waals surface area contributed by atoms with Gasteiger partial charge >= 0.3 is 6.03 Å². The second kappa shape index (κ2) is 7.60. The maximum Gasteiger partial charge on any atom is 0.324 e. The molecule has 0 aliphatic heterocycles. The van der Waals surface area contributed by atoms with Crippen LogP contribution >= 0.6 is 11.6 Å². The standard InChI is InChI=1S/C23H21ClN4O/c1-14-7-10-20-26-21(17-5-4-6-18(24)12-17)22(28(20)13-14)27-23(29)25-19-9-8-15(2)16(3)11-19/h4-13H,1-3H3,(H2,25,27,29). The molecule has 0 aliphatic rings. The zero-order valence-electron chi connectivity index (χ0n) is 16.5. The molecule has 2 aromatic heterocycles. The van der Waals surface area contributed by atoms with Gasteiger partial charge in [0.15, 0.2) is 0 Å². The van der Waals surface area contributed by atoms with Crippen LogP contribution in [0.4, 0.5) is 16.3 Å². The number of nitrogens with one attached hydrogen (secondary N) is 2. The molecule has 0 saturated carbocycles. The number of hydrogen-bond donors (Lipinski definition) is 2. The molecule has 5 nitrogen and oxygen atoms in total. The fourth-order valence-electron chi connectivity index (χ4n) is 3.20. The van der Waals surface area contributed by atoms with Crippen molar-refractivity contribution in [1.82, 2.24) is 9.38 Å². The molecule has 0 fully saturated rings. The third-order valence-corrected chi connectivity index (χ3v) is 5.10. The van der Waals surface area contributed by atoms with E-state index in [-0.39, 0.29) is 6.03 Å². The van der Waals surface area contributed by atoms with Crippen molar-refractivity contribution in [2.75, 3.05) is 10.6 Å². The normalized spacial score (nSPS) is 10.9. The summed E-state index contributed by atoms with van der Waals surface area (Å²) in [6, 6.07) is 16.8. The van der Waals surface area contributed by atoms with Gasteiger partial charge in [0, 0.05) is 22.5 Å². The average Bonchev–Trinajstić information content (AvgIpc) is 3.02. The highest BCUT2D eigenvalue weighted by molar-refractivity contribution is 6.30. The topological polar surface area (TPSA) is 58.4 Å². The van der Waals surface area contributed by atoms with Crippen LogP contribution in [0.15, 0.2) is 60.8 Å². The van der Waals surface area contributed by atoms with E-state index in [4.69, 9.17) is 16.6 Å². The SMILES string of the molecule is Cc1ccc2nc(-c3cccc(Cl)c3)c(NC(=O)Nc3ccc(C)c(C)c3)n2c1. The number of nitrogens with zero attached hydrogens (tertiary/aromatic N) is 2. The van der Waals surface area contributed by atoms with E-state index >= 15 is 0 Å². The Bertz CT molecular complexity index is 1230. The van der Waals surface area contributed by atoms with Crippen LogP contribution in [-0.4, -0.2) is 15.4 Å². The average molecular weight is 405 g/mol. The Labute approximate surface area is 174 Å². The molecule has 2 heterocycles. The van der Waals surface area contributed by atoms with Gasteiger partial charge in [0.1, 0.15) is 17.2 Å². The molecule has 0 aliphatic carbocycles. The molecule has 0 radical (unpaired) electrons. The first-order chi connectivity index (χ1) is 13.9. The summed E-state index contributed by atoms with van der Waals surface area (Å²) in [6.07, 6.45) is 1.95. The molecule has 0 atom stereocenters. The van der Waals surface area contributed by atoms with Crippen molar-refractivity contribution in [1.29, 1.82) is 0 Å². The summed E-state index contributed by atoms with van der Waals surface area (Å²) >= 11 is 6.18. The first kappa shape index (κ1) is 19.0. The number of carbonyl (C=O) groups excluding carboxylic acids is 1. The zero-order chi connectivity index (χ0) is 20.5. The molecule has 0 unspecified atom stereocenters. The monoisotopic (exact) mass is 404 g/mol. The van der Waals surface area contributed by atoms with Crippen LogP contribution < -0.4 is 10.6 Å². The van der Waals surface area contributed by atoms with Crippen molar-refractivity contribution in [3.8, 4) is 11.3 Å². The number of urea groups is 1. The molecule has 4 aromatic rings. The minimum absolute atomic E-state index is 0.333. The van der Waals surface area contributed by atoms with Crippen LogP contribution in [-0.2, 0) is 0 Å². The molecule has 2 amide bonds. The Morgan fingerprint density at radius 3 is 2.55 bits per heavy atom. The molecule has 4 rings (SSSR count). The van der Waals surface area contributed by atoms with Gasteiger partial charge in [0.25, 0.3) is 0 Å². The van der Waals surface area contributed by atoms with Crippen LogP contribution in [0.25, 0.3) is 16.9 Å². The van der Waals surface area contributed by atoms with Crippen LogP contribution in [0.1, 0.15) is 16.7 Å². The number of halogens is 1. The second-order valence-electron chi connectivity index (χ2n) is 7.13. The van der Waals surface area contributed by atoms with Crippen molar-refractivity contribution < 1.29 is 4.79 Å². The molecule has 0 saturated heterocycles. The Hall–Kier alpha value is -3.31. The first-order valence-corrected chi connectivity index (χ1v) is 9.68. The van der Waals surface area contributed by atoms with Gasteiger partial charge in [-0.2, -0.15) is 0 Å². The van der Waals surface area contributed by atoms with Gasteiger partial charge in [-0.25, -0.2) is 9.78 Å². The third-order valence-electron chi connectivity index (χ3n) is 4.86. The summed E-state index contributed by atoms with van der Waals surface area (Å²) in [4.78, 5) is 17.5. The molecule has 0 bridgehead atoms. The lowest BCUT2D eigenvalue weighted by Crippen LogP contribution is -2.21. The minimum atomic E-state index is -0.333. The number of aromatic nitrogens is 2. The maximum atomic E-state index is 12.8. The van der Waals surface area contributed by atoms with Crippen LogP contribution in [0, 0.1) is 20.8 Å². The molecule has 0 spiro atoms. The highest BCUT2D eigenvalue weighted by Gasteiger charge is 2.17. The summed E-state index contributed by atoms with van der Waals surface area (Å²) in [5, 5.41) is 6.48. The van der Waals surface area contributed by atoms with Gasteiger partial charge in [-0.1, -0.05) is 35.9 Å². The first-order valence-electron chi connectivity index (χ1n) is 9.30. The summed E-state index contributed by atoms with van der Waals surface area (Å²) in [7, 11) is 0. The van der Waals surface area contributed by atoms with Crippen molar-refractivity contribution in [2.24, 2.45) is 0 Å². The van der Waals surface area contributed by atoms with E-state index in [0.717, 1.165) is 28.0 Å². The van der Waals surface area contributed by atoms with Crippen molar-refractivity contribution in [2.45, 2.75) is 20.8 Å². The van der Waals surface area contributed by atoms with E-state index in [2.05, 4.69) is 10.6 Å². The summed E-state index contributed by atoms with van der Waals surface area (Å²) in [6.45, 7) is 6.05. The molecule has 29 heavy (non-hydrogen) atoms. The number of imidazole rings is 1. The smallest absolute Gasteiger partial charge is 0.308 e. The Balaban J connectivity index is 1.73. The van der Waals surface area contributed by atoms with Crippen LogP contribution in [0.2, 0.25) is 5.02 Å². The zero-order valence-corrected chi connectivity index (χ0v) is 17.2. The summed E-state index contributed by atoms with van der Waals surface area (Å²) in [5.41, 5.74) is 6.33. The van der Waals surface area contributed by atoms with Crippen LogP contribution in [0.3, 0.4) is 0 Å². The number of fused-ring (bicyclic) bond motifs is 1. The fraction of sp³-hybridized carbons (Fsp3) is 0.130. The number of rotatable bonds is 3. The predicted octanol–water partition coefficient (Wildman–Crippen LogP) is 6.22. The number of carbonyl (C=O) groups is 1. The Kier molecular flexibility index (Phi) is 4.99. The van der Waals surface area contributed by atoms with Gasteiger partial charge < -0.3 is 5.32 Å². The van der Waals surface area contributed by atoms with E-state index in [1.54, 1.807) is 0 Å². The summed E-state index contributed by atoms with van der Waals surface area (Å²) in [5.74, 6) is 0.590. The lowest BCUT2D eigenvalue weighted by molar-refractivity contribution is 0.262. The van der Waals surface area contributed by atoms with E-state index in [0.29, 0.717) is 16.5 Å². The highest BCUT2D eigenvalue weighted by atomic mass is 35.5. The molecule has 2 N–H and O–H groups in total. The Morgan fingerprint density at radius 2 is 1.79 bits per heavy atom. The number of pyridine rings is 1. The fourth-order valence-corrected chi connectivity index (χ4v) is 3.39. The van der Waals surface area contributed by atoms with Gasteiger partial charge in [0.2, 0.25) is 0 Å². The highest BCUT2D eigenvalue weighted by Crippen LogP contribution is 2.31. The minimum Gasteiger partial charge on any atom is -0.308 e. The quantitative estimate of drug-likeness (QED) is 0.425. The largest absolute Gasteiger partial charge is 0.324 e. The van der Waals surface area contributed by atoms with E-state index in [1.807, 2.05) is 86.0 Å². The summed E-state index contributed by atoms with van der Waals surface area (Å²) < 4.78 is 1.88. The maximum absolute atomic E-state index is 12.8. The van der Waals surface area contributed by atoms with Gasteiger partial charge in [-0.05, 0) is 67.8 Å². The van der Waals surface area contributed by atoms with Gasteiger partial charge in [0.05, 0.1) is 0 Å². The van der Waals surface area contributed by atoms with Crippen LogP contribution in [0.5, 0.6) is 0 Å². The number of amides is 2. The van der Waals surface area contributed by atoms with E-state index in [9.17, 15) is 4.79 Å². The molecular formula is C23H21ClN4O. The third kappa shape index (κ3) is 3.96. The molecule has 2 aromatic carbocycles. The van der Waals surface area contributed by atoms with E-state index < -0.39 is 0 Å². The lowest BCUT2D eigenvalue weighted by atomic mass is 10.1.